The van der Waals surface area contributed by atoms with Gasteiger partial charge in [-0.05, 0) is 41.5 Å². The van der Waals surface area contributed by atoms with Crippen molar-refractivity contribution in [2.75, 3.05) is 14.2 Å². The number of non-ortho nitro benzene ring substituents is 1. The molecule has 0 aliphatic carbocycles. The van der Waals surface area contributed by atoms with Crippen LogP contribution in [0.25, 0.3) is 6.08 Å². The lowest BCUT2D eigenvalue weighted by Gasteiger charge is -2.11. The molecular formula is C19H17N3O5. The third kappa shape index (κ3) is 5.06. The zero-order valence-electron chi connectivity index (χ0n) is 14.8. The number of nitriles is 1. The van der Waals surface area contributed by atoms with Crippen LogP contribution in [-0.2, 0) is 11.4 Å². The van der Waals surface area contributed by atoms with E-state index < -0.39 is 10.8 Å². The molecule has 27 heavy (non-hydrogen) atoms. The highest BCUT2D eigenvalue weighted by Gasteiger charge is 2.10. The number of nitrogens with one attached hydrogen (secondary N) is 1. The molecule has 0 aliphatic rings. The number of carbonyl (C=O) groups is 1. The van der Waals surface area contributed by atoms with Gasteiger partial charge in [0.05, 0.1) is 12.0 Å². The summed E-state index contributed by atoms with van der Waals surface area (Å²) < 4.78 is 11.0. The van der Waals surface area contributed by atoms with E-state index in [-0.39, 0.29) is 17.9 Å². The van der Waals surface area contributed by atoms with Gasteiger partial charge in [-0.3, -0.25) is 14.9 Å². The van der Waals surface area contributed by atoms with E-state index in [2.05, 4.69) is 5.32 Å². The molecule has 1 amide bonds. The summed E-state index contributed by atoms with van der Waals surface area (Å²) in [4.78, 5) is 21.8. The Morgan fingerprint density at radius 2 is 1.96 bits per heavy atom. The predicted molar refractivity (Wildman–Crippen MR) is 98.1 cm³/mol. The van der Waals surface area contributed by atoms with Crippen molar-refractivity contribution in [2.45, 2.75) is 6.61 Å². The van der Waals surface area contributed by atoms with Crippen molar-refractivity contribution in [1.82, 2.24) is 5.32 Å². The molecule has 0 fully saturated rings. The first-order valence-corrected chi connectivity index (χ1v) is 7.86. The second kappa shape index (κ2) is 9.01. The smallest absolute Gasteiger partial charge is 0.269 e. The van der Waals surface area contributed by atoms with Gasteiger partial charge in [0.25, 0.3) is 11.6 Å². The molecule has 138 valence electrons. The summed E-state index contributed by atoms with van der Waals surface area (Å²) in [6.07, 6.45) is 1.45. The summed E-state index contributed by atoms with van der Waals surface area (Å²) in [6.45, 7) is 0.200. The Bertz CT molecular complexity index is 914. The molecule has 8 heteroatoms. The molecule has 8 nitrogen and oxygen atoms in total. The second-order valence-corrected chi connectivity index (χ2v) is 5.37. The molecular weight excluding hydrogens is 350 g/mol. The summed E-state index contributed by atoms with van der Waals surface area (Å²) in [5.74, 6) is 0.418. The number of carbonyl (C=O) groups excluding carboxylic acids is 1. The predicted octanol–water partition coefficient (Wildman–Crippen LogP) is 2.84. The van der Waals surface area contributed by atoms with Gasteiger partial charge < -0.3 is 14.8 Å². The molecule has 1 N–H and O–H groups in total. The minimum absolute atomic E-state index is 0.0110. The number of nitro benzene ring substituents is 1. The molecule has 0 atom stereocenters. The molecule has 0 radical (unpaired) electrons. The summed E-state index contributed by atoms with van der Waals surface area (Å²) in [6, 6.07) is 12.9. The Morgan fingerprint density at radius 3 is 2.52 bits per heavy atom. The van der Waals surface area contributed by atoms with E-state index in [9.17, 15) is 14.9 Å². The van der Waals surface area contributed by atoms with Crippen LogP contribution in [0.4, 0.5) is 5.69 Å². The quantitative estimate of drug-likeness (QED) is 0.348. The van der Waals surface area contributed by atoms with Crippen molar-refractivity contribution < 1.29 is 19.2 Å². The van der Waals surface area contributed by atoms with Gasteiger partial charge in [0.15, 0.2) is 11.5 Å². The number of rotatable bonds is 7. The van der Waals surface area contributed by atoms with Gasteiger partial charge in [-0.2, -0.15) is 5.26 Å². The van der Waals surface area contributed by atoms with Crippen LogP contribution in [0.5, 0.6) is 11.5 Å². The standard InChI is InChI=1S/C19H17N3O5/c1-21-19(23)15(11-20)9-14-5-8-17(18(10-14)26-2)27-12-13-3-6-16(7-4-13)22(24)25/h3-10H,12H2,1-2H3,(H,21,23)/b15-9+. The van der Waals surface area contributed by atoms with E-state index in [0.29, 0.717) is 17.1 Å². The number of hydrogen-bond donors (Lipinski definition) is 1. The minimum Gasteiger partial charge on any atom is -0.493 e. The van der Waals surface area contributed by atoms with Crippen molar-refractivity contribution in [3.63, 3.8) is 0 Å². The zero-order valence-corrected chi connectivity index (χ0v) is 14.8. The molecule has 0 spiro atoms. The third-order valence-electron chi connectivity index (χ3n) is 3.63. The van der Waals surface area contributed by atoms with Crippen molar-refractivity contribution in [3.8, 4) is 17.6 Å². The molecule has 0 unspecified atom stereocenters. The van der Waals surface area contributed by atoms with E-state index in [0.717, 1.165) is 5.56 Å². The number of benzene rings is 2. The van der Waals surface area contributed by atoms with Gasteiger partial charge in [-0.15, -0.1) is 0 Å². The molecule has 0 saturated heterocycles. The fraction of sp³-hybridized carbons (Fsp3) is 0.158. The lowest BCUT2D eigenvalue weighted by atomic mass is 10.1. The van der Waals surface area contributed by atoms with E-state index in [1.807, 2.05) is 6.07 Å². The van der Waals surface area contributed by atoms with E-state index >= 15 is 0 Å². The molecule has 2 aromatic rings. The van der Waals surface area contributed by atoms with E-state index in [1.165, 1.54) is 32.4 Å². The van der Waals surface area contributed by atoms with Crippen LogP contribution in [0.15, 0.2) is 48.0 Å². The van der Waals surface area contributed by atoms with Gasteiger partial charge in [-0.25, -0.2) is 0 Å². The first kappa shape index (κ1) is 19.5. The maximum atomic E-state index is 11.6. The van der Waals surface area contributed by atoms with Crippen LogP contribution in [0.3, 0.4) is 0 Å². The molecule has 2 aromatic carbocycles. The highest BCUT2D eigenvalue weighted by molar-refractivity contribution is 6.01. The average molecular weight is 367 g/mol. The maximum Gasteiger partial charge on any atom is 0.269 e. The number of likely N-dealkylation sites (N-methyl/N-ethyl adjacent to an activating group) is 1. The first-order valence-electron chi connectivity index (χ1n) is 7.86. The fourth-order valence-corrected chi connectivity index (χ4v) is 2.22. The van der Waals surface area contributed by atoms with Gasteiger partial charge in [0.1, 0.15) is 18.2 Å². The SMILES string of the molecule is CNC(=O)/C(C#N)=C/c1ccc(OCc2ccc([N+](=O)[O-])cc2)c(OC)c1. The summed E-state index contributed by atoms with van der Waals surface area (Å²) in [7, 11) is 2.93. The van der Waals surface area contributed by atoms with E-state index in [4.69, 9.17) is 14.7 Å². The zero-order chi connectivity index (χ0) is 19.8. The summed E-state index contributed by atoms with van der Waals surface area (Å²) >= 11 is 0. The van der Waals surface area contributed by atoms with E-state index in [1.54, 1.807) is 30.3 Å². The summed E-state index contributed by atoms with van der Waals surface area (Å²) in [5.41, 5.74) is 1.35. The first-order chi connectivity index (χ1) is 13.0. The number of nitro groups is 1. The Kier molecular flexibility index (Phi) is 6.49. The van der Waals surface area contributed by atoms with Crippen molar-refractivity contribution in [2.24, 2.45) is 0 Å². The fourth-order valence-electron chi connectivity index (χ4n) is 2.22. The van der Waals surface area contributed by atoms with Crippen molar-refractivity contribution >= 4 is 17.7 Å². The molecule has 2 rings (SSSR count). The highest BCUT2D eigenvalue weighted by atomic mass is 16.6. The van der Waals surface area contributed by atoms with Crippen LogP contribution in [0, 0.1) is 21.4 Å². The molecule has 0 aliphatic heterocycles. The van der Waals surface area contributed by atoms with Crippen LogP contribution in [0.1, 0.15) is 11.1 Å². The van der Waals surface area contributed by atoms with Gasteiger partial charge in [0.2, 0.25) is 0 Å². The molecule has 0 heterocycles. The number of ether oxygens (including phenoxy) is 2. The molecule has 0 saturated carbocycles. The number of amides is 1. The number of methoxy groups -OCH3 is 1. The Labute approximate surface area is 155 Å². The Morgan fingerprint density at radius 1 is 1.26 bits per heavy atom. The maximum absolute atomic E-state index is 11.6. The lowest BCUT2D eigenvalue weighted by Crippen LogP contribution is -2.19. The Balaban J connectivity index is 2.16. The van der Waals surface area contributed by atoms with Gasteiger partial charge in [-0.1, -0.05) is 6.07 Å². The van der Waals surface area contributed by atoms with Crippen LogP contribution in [0.2, 0.25) is 0 Å². The normalized spacial score (nSPS) is 10.6. The van der Waals surface area contributed by atoms with Crippen molar-refractivity contribution in [3.05, 3.63) is 69.3 Å². The van der Waals surface area contributed by atoms with Crippen LogP contribution < -0.4 is 14.8 Å². The van der Waals surface area contributed by atoms with Crippen molar-refractivity contribution in [1.29, 1.82) is 5.26 Å². The number of nitrogens with zero attached hydrogens (tertiary/aromatic N) is 2. The lowest BCUT2D eigenvalue weighted by molar-refractivity contribution is -0.384. The van der Waals surface area contributed by atoms with Crippen LogP contribution in [-0.4, -0.2) is 25.0 Å². The summed E-state index contributed by atoms with van der Waals surface area (Å²) in [5, 5.41) is 22.1. The van der Waals surface area contributed by atoms with Gasteiger partial charge >= 0.3 is 0 Å². The van der Waals surface area contributed by atoms with Gasteiger partial charge in [0, 0.05) is 19.2 Å². The Hall–Kier alpha value is -3.86. The topological polar surface area (TPSA) is 114 Å². The third-order valence-corrected chi connectivity index (χ3v) is 3.63. The molecule has 0 bridgehead atoms. The van der Waals surface area contributed by atoms with Crippen LogP contribution >= 0.6 is 0 Å². The average Bonchev–Trinajstić information content (AvgIpc) is 2.70. The monoisotopic (exact) mass is 367 g/mol. The second-order valence-electron chi connectivity index (χ2n) is 5.37. The molecule has 0 aromatic heterocycles. The number of hydrogen-bond acceptors (Lipinski definition) is 6. The largest absolute Gasteiger partial charge is 0.493 e. The minimum atomic E-state index is -0.477. The highest BCUT2D eigenvalue weighted by Crippen LogP contribution is 2.29.